The van der Waals surface area contributed by atoms with Gasteiger partial charge < -0.3 is 4.74 Å². The van der Waals surface area contributed by atoms with E-state index in [0.29, 0.717) is 0 Å². The standard InChI is InChI=1S/C5H6N2O/c1-2-8-5-3-6-7-4(1)5/h3H,1-2H2,(H,6,7). The van der Waals surface area contributed by atoms with Gasteiger partial charge in [0, 0.05) is 6.42 Å². The summed E-state index contributed by atoms with van der Waals surface area (Å²) in [6.07, 6.45) is 2.69. The number of ether oxygens (including phenoxy) is 1. The Morgan fingerprint density at radius 1 is 1.75 bits per heavy atom. The Hall–Kier alpha value is -0.990. The summed E-state index contributed by atoms with van der Waals surface area (Å²) in [6.45, 7) is 0.809. The number of rotatable bonds is 0. The van der Waals surface area contributed by atoms with Crippen molar-refractivity contribution in [2.75, 3.05) is 6.61 Å². The minimum absolute atomic E-state index is 0.809. The molecule has 0 bridgehead atoms. The molecule has 3 nitrogen and oxygen atoms in total. The van der Waals surface area contributed by atoms with Crippen LogP contribution in [0.5, 0.6) is 5.75 Å². The van der Waals surface area contributed by atoms with Gasteiger partial charge in [0.2, 0.25) is 0 Å². The summed E-state index contributed by atoms with van der Waals surface area (Å²) in [5.74, 6) is 0.921. The van der Waals surface area contributed by atoms with Crippen LogP contribution >= 0.6 is 0 Å². The second-order valence-corrected chi connectivity index (χ2v) is 1.81. The van der Waals surface area contributed by atoms with E-state index >= 15 is 0 Å². The molecule has 2 rings (SSSR count). The third kappa shape index (κ3) is 0.358. The molecule has 0 saturated carbocycles. The highest BCUT2D eigenvalue weighted by atomic mass is 16.5. The summed E-state index contributed by atoms with van der Waals surface area (Å²) in [5.41, 5.74) is 1.13. The molecule has 0 aliphatic carbocycles. The van der Waals surface area contributed by atoms with E-state index in [9.17, 15) is 0 Å². The number of H-pyrrole nitrogens is 1. The van der Waals surface area contributed by atoms with Crippen LogP contribution in [0.1, 0.15) is 5.69 Å². The number of aromatic amines is 1. The fourth-order valence-corrected chi connectivity index (χ4v) is 0.868. The van der Waals surface area contributed by atoms with Crippen molar-refractivity contribution in [1.29, 1.82) is 0 Å². The molecule has 3 heteroatoms. The maximum Gasteiger partial charge on any atom is 0.160 e. The molecule has 1 aromatic heterocycles. The van der Waals surface area contributed by atoms with Crippen molar-refractivity contribution < 1.29 is 4.74 Å². The molecule has 1 aromatic rings. The lowest BCUT2D eigenvalue weighted by Crippen LogP contribution is -1.88. The second kappa shape index (κ2) is 1.24. The number of nitrogens with zero attached hydrogens (tertiary/aromatic N) is 1. The monoisotopic (exact) mass is 110 g/mol. The Morgan fingerprint density at radius 3 is 3.62 bits per heavy atom. The summed E-state index contributed by atoms with van der Waals surface area (Å²) in [7, 11) is 0. The molecule has 8 heavy (non-hydrogen) atoms. The van der Waals surface area contributed by atoms with Gasteiger partial charge in [-0.25, -0.2) is 0 Å². The first-order chi connectivity index (χ1) is 3.97. The van der Waals surface area contributed by atoms with Crippen molar-refractivity contribution in [3.63, 3.8) is 0 Å². The largest absolute Gasteiger partial charge is 0.490 e. The maximum atomic E-state index is 5.14. The molecular weight excluding hydrogens is 104 g/mol. The second-order valence-electron chi connectivity index (χ2n) is 1.81. The number of hydrogen-bond donors (Lipinski definition) is 1. The fraction of sp³-hybridized carbons (Fsp3) is 0.400. The predicted octanol–water partition coefficient (Wildman–Crippen LogP) is 0.345. The first kappa shape index (κ1) is 3.95. The highest BCUT2D eigenvalue weighted by Gasteiger charge is 2.11. The molecule has 0 atom stereocenters. The van der Waals surface area contributed by atoms with Crippen molar-refractivity contribution in [1.82, 2.24) is 10.2 Å². The Morgan fingerprint density at radius 2 is 2.75 bits per heavy atom. The molecule has 0 radical (unpaired) electrons. The van der Waals surface area contributed by atoms with Crippen LogP contribution in [0, 0.1) is 0 Å². The van der Waals surface area contributed by atoms with Crippen LogP contribution in [-0.2, 0) is 6.42 Å². The van der Waals surface area contributed by atoms with Gasteiger partial charge in [0.1, 0.15) is 0 Å². The number of hydrogen-bond acceptors (Lipinski definition) is 2. The van der Waals surface area contributed by atoms with Gasteiger partial charge in [0.15, 0.2) is 5.75 Å². The summed E-state index contributed by atoms with van der Waals surface area (Å²) < 4.78 is 5.14. The average Bonchev–Trinajstić information content (AvgIpc) is 2.15. The van der Waals surface area contributed by atoms with E-state index in [2.05, 4.69) is 10.2 Å². The Bertz CT molecular complexity index is 176. The van der Waals surface area contributed by atoms with E-state index in [4.69, 9.17) is 4.74 Å². The smallest absolute Gasteiger partial charge is 0.160 e. The van der Waals surface area contributed by atoms with Crippen LogP contribution in [-0.4, -0.2) is 16.8 Å². The number of aromatic nitrogens is 2. The molecule has 42 valence electrons. The van der Waals surface area contributed by atoms with Crippen molar-refractivity contribution in [2.45, 2.75) is 6.42 Å². The highest BCUT2D eigenvalue weighted by Crippen LogP contribution is 2.20. The maximum absolute atomic E-state index is 5.14. The van der Waals surface area contributed by atoms with Crippen molar-refractivity contribution >= 4 is 0 Å². The van der Waals surface area contributed by atoms with Crippen LogP contribution in [0.4, 0.5) is 0 Å². The van der Waals surface area contributed by atoms with Gasteiger partial charge in [-0.15, -0.1) is 0 Å². The van der Waals surface area contributed by atoms with Gasteiger partial charge in [-0.05, 0) is 0 Å². The fourth-order valence-electron chi connectivity index (χ4n) is 0.868. The average molecular weight is 110 g/mol. The highest BCUT2D eigenvalue weighted by molar-refractivity contribution is 5.26. The molecule has 0 aromatic carbocycles. The summed E-state index contributed by atoms with van der Waals surface area (Å²) >= 11 is 0. The minimum Gasteiger partial charge on any atom is -0.490 e. The molecule has 0 amide bonds. The lowest BCUT2D eigenvalue weighted by molar-refractivity contribution is 0.355. The number of nitrogens with one attached hydrogen (secondary N) is 1. The Kier molecular flexibility index (Phi) is 0.614. The van der Waals surface area contributed by atoms with Crippen LogP contribution in [0.3, 0.4) is 0 Å². The van der Waals surface area contributed by atoms with E-state index in [-0.39, 0.29) is 0 Å². The topological polar surface area (TPSA) is 37.9 Å². The first-order valence-electron chi connectivity index (χ1n) is 2.62. The van der Waals surface area contributed by atoms with E-state index in [1.54, 1.807) is 6.20 Å². The zero-order valence-electron chi connectivity index (χ0n) is 4.35. The first-order valence-corrected chi connectivity index (χ1v) is 2.62. The van der Waals surface area contributed by atoms with Crippen molar-refractivity contribution in [3.8, 4) is 5.75 Å². The molecule has 0 spiro atoms. The summed E-state index contributed by atoms with van der Waals surface area (Å²) in [6, 6.07) is 0. The Balaban J connectivity index is 2.54. The quantitative estimate of drug-likeness (QED) is 0.523. The number of fused-ring (bicyclic) bond motifs is 1. The lowest BCUT2D eigenvalue weighted by atomic mass is 10.4. The van der Waals surface area contributed by atoms with E-state index < -0.39 is 0 Å². The van der Waals surface area contributed by atoms with Crippen LogP contribution in [0.2, 0.25) is 0 Å². The van der Waals surface area contributed by atoms with Gasteiger partial charge in [-0.3, -0.25) is 5.10 Å². The molecule has 0 unspecified atom stereocenters. The van der Waals surface area contributed by atoms with Crippen molar-refractivity contribution in [3.05, 3.63) is 11.9 Å². The molecule has 1 aliphatic rings. The van der Waals surface area contributed by atoms with E-state index in [1.807, 2.05) is 0 Å². The minimum atomic E-state index is 0.809. The Labute approximate surface area is 46.7 Å². The summed E-state index contributed by atoms with van der Waals surface area (Å²) in [5, 5.41) is 6.64. The molecule has 1 aliphatic heterocycles. The summed E-state index contributed by atoms with van der Waals surface area (Å²) in [4.78, 5) is 0. The third-order valence-corrected chi connectivity index (χ3v) is 1.29. The van der Waals surface area contributed by atoms with Crippen LogP contribution < -0.4 is 4.74 Å². The van der Waals surface area contributed by atoms with Gasteiger partial charge in [-0.1, -0.05) is 0 Å². The third-order valence-electron chi connectivity index (χ3n) is 1.29. The molecular formula is C5H6N2O. The van der Waals surface area contributed by atoms with Gasteiger partial charge in [0.25, 0.3) is 0 Å². The van der Waals surface area contributed by atoms with E-state index in [0.717, 1.165) is 24.5 Å². The van der Waals surface area contributed by atoms with Gasteiger partial charge in [0.05, 0.1) is 18.5 Å². The predicted molar refractivity (Wildman–Crippen MR) is 27.8 cm³/mol. The molecule has 2 heterocycles. The zero-order valence-corrected chi connectivity index (χ0v) is 4.35. The van der Waals surface area contributed by atoms with E-state index in [1.165, 1.54) is 0 Å². The van der Waals surface area contributed by atoms with Gasteiger partial charge in [-0.2, -0.15) is 5.10 Å². The van der Waals surface area contributed by atoms with Gasteiger partial charge >= 0.3 is 0 Å². The normalized spacial score (nSPS) is 15.5. The lowest BCUT2D eigenvalue weighted by Gasteiger charge is -1.85. The zero-order chi connectivity index (χ0) is 5.40. The molecule has 0 fully saturated rings. The molecule has 1 N–H and O–H groups in total. The van der Waals surface area contributed by atoms with Crippen LogP contribution in [0.25, 0.3) is 0 Å². The van der Waals surface area contributed by atoms with Crippen molar-refractivity contribution in [2.24, 2.45) is 0 Å². The SMILES string of the molecule is c1n[nH]c2c1OCC2. The van der Waals surface area contributed by atoms with Crippen LogP contribution in [0.15, 0.2) is 6.20 Å². The molecule has 0 saturated heterocycles.